The molecule has 0 fully saturated rings. The smallest absolute Gasteiger partial charge is 0.287 e. The van der Waals surface area contributed by atoms with Crippen LogP contribution in [0, 0.1) is 0 Å². The molecule has 3 N–H and O–H groups in total. The lowest BCUT2D eigenvalue weighted by Crippen LogP contribution is -2.31. The van der Waals surface area contributed by atoms with Crippen molar-refractivity contribution >= 4 is 16.9 Å². The van der Waals surface area contributed by atoms with E-state index in [0.717, 1.165) is 11.0 Å². The van der Waals surface area contributed by atoms with E-state index in [2.05, 4.69) is 15.3 Å². The molecule has 1 aromatic carbocycles. The Morgan fingerprint density at radius 3 is 3.00 bits per heavy atom. The minimum Gasteiger partial charge on any atom is -0.392 e. The Labute approximate surface area is 92.5 Å². The van der Waals surface area contributed by atoms with Crippen LogP contribution in [0.25, 0.3) is 11.0 Å². The summed E-state index contributed by atoms with van der Waals surface area (Å²) in [6.07, 6.45) is -0.562. The zero-order chi connectivity index (χ0) is 11.5. The summed E-state index contributed by atoms with van der Waals surface area (Å²) in [5.74, 6) is -0.0426. The summed E-state index contributed by atoms with van der Waals surface area (Å²) in [6.45, 7) is 1.83. The molecule has 2 rings (SSSR count). The highest BCUT2D eigenvalue weighted by atomic mass is 16.3. The third-order valence-electron chi connectivity index (χ3n) is 2.16. The van der Waals surface area contributed by atoms with Crippen LogP contribution in [0.3, 0.4) is 0 Å². The molecule has 0 aliphatic rings. The zero-order valence-electron chi connectivity index (χ0n) is 8.90. The van der Waals surface area contributed by atoms with Gasteiger partial charge in [-0.25, -0.2) is 4.98 Å². The molecule has 0 aliphatic carbocycles. The van der Waals surface area contributed by atoms with Gasteiger partial charge in [0, 0.05) is 6.54 Å². The van der Waals surface area contributed by atoms with Gasteiger partial charge in [0.05, 0.1) is 17.1 Å². The van der Waals surface area contributed by atoms with E-state index in [9.17, 15) is 4.79 Å². The number of para-hydroxylation sites is 2. The third kappa shape index (κ3) is 2.20. The number of carbonyl (C=O) groups is 1. The fraction of sp³-hybridized carbons (Fsp3) is 0.273. The lowest BCUT2D eigenvalue weighted by molar-refractivity contribution is 0.0915. The molecule has 16 heavy (non-hydrogen) atoms. The summed E-state index contributed by atoms with van der Waals surface area (Å²) in [5, 5.41) is 11.6. The highest BCUT2D eigenvalue weighted by molar-refractivity contribution is 5.94. The Kier molecular flexibility index (Phi) is 2.87. The largest absolute Gasteiger partial charge is 0.392 e. The van der Waals surface area contributed by atoms with Gasteiger partial charge in [0.2, 0.25) is 0 Å². The standard InChI is InChI=1S/C11H13N3O2/c1-7(15)6-12-11(16)10-13-8-4-2-3-5-9(8)14-10/h2-5,7,15H,6H2,1H3,(H,12,16)(H,13,14). The van der Waals surface area contributed by atoms with Gasteiger partial charge in [-0.2, -0.15) is 0 Å². The van der Waals surface area contributed by atoms with Gasteiger partial charge in [0.25, 0.3) is 5.91 Å². The van der Waals surface area contributed by atoms with Crippen LogP contribution >= 0.6 is 0 Å². The fourth-order valence-electron chi connectivity index (χ4n) is 1.38. The van der Waals surface area contributed by atoms with Crippen LogP contribution < -0.4 is 5.32 Å². The first-order valence-electron chi connectivity index (χ1n) is 5.08. The summed E-state index contributed by atoms with van der Waals surface area (Å²) in [6, 6.07) is 7.42. The summed E-state index contributed by atoms with van der Waals surface area (Å²) in [7, 11) is 0. The lowest BCUT2D eigenvalue weighted by Gasteiger charge is -2.04. The Morgan fingerprint density at radius 2 is 2.31 bits per heavy atom. The number of nitrogens with one attached hydrogen (secondary N) is 2. The van der Waals surface area contributed by atoms with Crippen LogP contribution in [0.15, 0.2) is 24.3 Å². The van der Waals surface area contributed by atoms with Crippen LogP contribution in [0.5, 0.6) is 0 Å². The van der Waals surface area contributed by atoms with Crippen molar-refractivity contribution in [3.63, 3.8) is 0 Å². The Bertz CT molecular complexity index is 472. The number of fused-ring (bicyclic) bond motifs is 1. The van der Waals surface area contributed by atoms with E-state index in [1.807, 2.05) is 24.3 Å². The van der Waals surface area contributed by atoms with Gasteiger partial charge < -0.3 is 15.4 Å². The van der Waals surface area contributed by atoms with Crippen LogP contribution in [0.1, 0.15) is 17.5 Å². The number of aliphatic hydroxyl groups is 1. The van der Waals surface area contributed by atoms with Crippen LogP contribution in [0.4, 0.5) is 0 Å². The molecule has 5 nitrogen and oxygen atoms in total. The van der Waals surface area contributed by atoms with Crippen LogP contribution in [-0.2, 0) is 0 Å². The van der Waals surface area contributed by atoms with Crippen molar-refractivity contribution in [3.8, 4) is 0 Å². The first-order valence-corrected chi connectivity index (χ1v) is 5.08. The molecule has 5 heteroatoms. The maximum atomic E-state index is 11.6. The van der Waals surface area contributed by atoms with Gasteiger partial charge in [-0.3, -0.25) is 4.79 Å². The van der Waals surface area contributed by atoms with Gasteiger partial charge in [-0.1, -0.05) is 12.1 Å². The van der Waals surface area contributed by atoms with Gasteiger partial charge in [0.1, 0.15) is 0 Å². The molecule has 0 aliphatic heterocycles. The molecule has 1 amide bonds. The number of carbonyl (C=O) groups excluding carboxylic acids is 1. The van der Waals surface area contributed by atoms with E-state index < -0.39 is 6.10 Å². The topological polar surface area (TPSA) is 78.0 Å². The summed E-state index contributed by atoms with van der Waals surface area (Å²) >= 11 is 0. The first kappa shape index (κ1) is 10.6. The first-order chi connectivity index (χ1) is 7.66. The summed E-state index contributed by atoms with van der Waals surface area (Å²) < 4.78 is 0. The molecule has 1 heterocycles. The highest BCUT2D eigenvalue weighted by Crippen LogP contribution is 2.09. The van der Waals surface area contributed by atoms with E-state index in [0.29, 0.717) is 0 Å². The number of imidazole rings is 1. The SMILES string of the molecule is CC(O)CNC(=O)c1nc2ccccc2[nH]1. The van der Waals surface area contributed by atoms with E-state index >= 15 is 0 Å². The normalized spacial score (nSPS) is 12.6. The molecule has 1 atom stereocenters. The molecule has 0 saturated heterocycles. The number of hydrogen-bond acceptors (Lipinski definition) is 3. The number of benzene rings is 1. The number of aromatic amines is 1. The van der Waals surface area contributed by atoms with E-state index in [1.54, 1.807) is 6.92 Å². The molecule has 0 spiro atoms. The summed E-state index contributed by atoms with van der Waals surface area (Å²) in [5.41, 5.74) is 1.58. The lowest BCUT2D eigenvalue weighted by atomic mass is 10.3. The molecule has 0 radical (unpaired) electrons. The van der Waals surface area contributed by atoms with Gasteiger partial charge >= 0.3 is 0 Å². The molecule has 1 unspecified atom stereocenters. The van der Waals surface area contributed by atoms with Gasteiger partial charge in [0.15, 0.2) is 5.82 Å². The van der Waals surface area contributed by atoms with E-state index in [-0.39, 0.29) is 18.3 Å². The Morgan fingerprint density at radius 1 is 1.56 bits per heavy atom. The molecule has 0 saturated carbocycles. The molecule has 84 valence electrons. The number of H-pyrrole nitrogens is 1. The zero-order valence-corrected chi connectivity index (χ0v) is 8.90. The molecule has 1 aromatic heterocycles. The Balaban J connectivity index is 2.17. The molecule has 0 bridgehead atoms. The van der Waals surface area contributed by atoms with Crippen LogP contribution in [-0.4, -0.2) is 33.6 Å². The second-order valence-electron chi connectivity index (χ2n) is 3.66. The average molecular weight is 219 g/mol. The van der Waals surface area contributed by atoms with Gasteiger partial charge in [-0.15, -0.1) is 0 Å². The molecular formula is C11H13N3O2. The number of nitrogens with zero attached hydrogens (tertiary/aromatic N) is 1. The number of rotatable bonds is 3. The van der Waals surface area contributed by atoms with Crippen LogP contribution in [0.2, 0.25) is 0 Å². The number of amides is 1. The second-order valence-corrected chi connectivity index (χ2v) is 3.66. The van der Waals surface area contributed by atoms with E-state index in [4.69, 9.17) is 5.11 Å². The number of aliphatic hydroxyl groups excluding tert-OH is 1. The maximum Gasteiger partial charge on any atom is 0.287 e. The molecule has 2 aromatic rings. The third-order valence-corrected chi connectivity index (χ3v) is 2.16. The highest BCUT2D eigenvalue weighted by Gasteiger charge is 2.10. The summed E-state index contributed by atoms with van der Waals surface area (Å²) in [4.78, 5) is 18.7. The van der Waals surface area contributed by atoms with Crippen molar-refractivity contribution in [3.05, 3.63) is 30.1 Å². The molecular weight excluding hydrogens is 206 g/mol. The van der Waals surface area contributed by atoms with Crippen molar-refractivity contribution in [2.75, 3.05) is 6.54 Å². The number of hydrogen-bond donors (Lipinski definition) is 3. The minimum atomic E-state index is -0.562. The Hall–Kier alpha value is -1.88. The van der Waals surface area contributed by atoms with Gasteiger partial charge in [-0.05, 0) is 19.1 Å². The predicted molar refractivity (Wildman–Crippen MR) is 60.1 cm³/mol. The number of aromatic nitrogens is 2. The predicted octanol–water partition coefficient (Wildman–Crippen LogP) is 0.674. The quantitative estimate of drug-likeness (QED) is 0.710. The van der Waals surface area contributed by atoms with Crippen molar-refractivity contribution in [1.29, 1.82) is 0 Å². The monoisotopic (exact) mass is 219 g/mol. The maximum absolute atomic E-state index is 11.6. The van der Waals surface area contributed by atoms with Crippen molar-refractivity contribution < 1.29 is 9.90 Å². The van der Waals surface area contributed by atoms with E-state index in [1.165, 1.54) is 0 Å². The van der Waals surface area contributed by atoms with Crippen molar-refractivity contribution in [1.82, 2.24) is 15.3 Å². The fourth-order valence-corrected chi connectivity index (χ4v) is 1.38. The van der Waals surface area contributed by atoms with Crippen molar-refractivity contribution in [2.24, 2.45) is 0 Å². The van der Waals surface area contributed by atoms with Crippen molar-refractivity contribution in [2.45, 2.75) is 13.0 Å². The minimum absolute atomic E-state index is 0.218. The average Bonchev–Trinajstić information content (AvgIpc) is 2.69. The second kappa shape index (κ2) is 4.32.